The molecule has 2 amide bonds. The van der Waals surface area contributed by atoms with E-state index in [2.05, 4.69) is 16.6 Å². The molecule has 0 heterocycles. The number of terminal acetylenes is 1. The Balaban J connectivity index is 2.09. The number of thioether (sulfide) groups is 1. The first-order chi connectivity index (χ1) is 12.0. The average Bonchev–Trinajstić information content (AvgIpc) is 2.59. The standard InChI is InChI=1S/C20H20N2O2S/c1-4-15-8-7-9-16(12-15)22-20(24)17-10-5-6-11-18(17)25-13-19(23)21-14(2)3/h1,5-12,14H,13H2,2-3H3,(H,21,23)(H,22,24). The van der Waals surface area contributed by atoms with Crippen molar-refractivity contribution in [1.29, 1.82) is 0 Å². The summed E-state index contributed by atoms with van der Waals surface area (Å²) in [5, 5.41) is 5.68. The predicted octanol–water partition coefficient (Wildman–Crippen LogP) is 3.54. The van der Waals surface area contributed by atoms with Gasteiger partial charge in [0.25, 0.3) is 5.91 Å². The summed E-state index contributed by atoms with van der Waals surface area (Å²) in [7, 11) is 0. The number of amides is 2. The second-order valence-electron chi connectivity index (χ2n) is 5.69. The Labute approximate surface area is 152 Å². The van der Waals surface area contributed by atoms with Crippen LogP contribution in [0.25, 0.3) is 0 Å². The van der Waals surface area contributed by atoms with Crippen LogP contribution in [0.1, 0.15) is 29.8 Å². The Morgan fingerprint density at radius 1 is 1.16 bits per heavy atom. The fraction of sp³-hybridized carbons (Fsp3) is 0.200. The van der Waals surface area contributed by atoms with Crippen LogP contribution in [0.4, 0.5) is 5.69 Å². The fourth-order valence-corrected chi connectivity index (χ4v) is 3.03. The number of anilines is 1. The van der Waals surface area contributed by atoms with E-state index in [9.17, 15) is 9.59 Å². The molecule has 0 atom stereocenters. The summed E-state index contributed by atoms with van der Waals surface area (Å²) in [5.74, 6) is 2.51. The number of hydrogen-bond acceptors (Lipinski definition) is 3. The van der Waals surface area contributed by atoms with Crippen molar-refractivity contribution in [2.75, 3.05) is 11.1 Å². The van der Waals surface area contributed by atoms with E-state index in [0.717, 1.165) is 4.90 Å². The maximum absolute atomic E-state index is 12.6. The normalized spacial score (nSPS) is 10.2. The maximum Gasteiger partial charge on any atom is 0.256 e. The first-order valence-corrected chi connectivity index (χ1v) is 8.87. The van der Waals surface area contributed by atoms with Gasteiger partial charge < -0.3 is 10.6 Å². The second kappa shape index (κ2) is 8.95. The number of nitrogens with one attached hydrogen (secondary N) is 2. The maximum atomic E-state index is 12.6. The van der Waals surface area contributed by atoms with Crippen LogP contribution in [0.3, 0.4) is 0 Å². The molecular formula is C20H20N2O2S. The summed E-state index contributed by atoms with van der Waals surface area (Å²) in [6, 6.07) is 14.4. The summed E-state index contributed by atoms with van der Waals surface area (Å²) in [4.78, 5) is 25.2. The van der Waals surface area contributed by atoms with Crippen LogP contribution < -0.4 is 10.6 Å². The number of carbonyl (C=O) groups is 2. The molecule has 0 spiro atoms. The van der Waals surface area contributed by atoms with Gasteiger partial charge in [0.1, 0.15) is 0 Å². The van der Waals surface area contributed by atoms with Crippen LogP contribution >= 0.6 is 11.8 Å². The molecule has 4 nitrogen and oxygen atoms in total. The van der Waals surface area contributed by atoms with E-state index < -0.39 is 0 Å². The van der Waals surface area contributed by atoms with Crippen LogP contribution in [0.5, 0.6) is 0 Å². The van der Waals surface area contributed by atoms with Crippen molar-refractivity contribution >= 4 is 29.3 Å². The van der Waals surface area contributed by atoms with Crippen LogP contribution in [-0.4, -0.2) is 23.6 Å². The Bertz CT molecular complexity index is 809. The number of hydrogen-bond donors (Lipinski definition) is 2. The van der Waals surface area contributed by atoms with Crippen molar-refractivity contribution in [3.63, 3.8) is 0 Å². The number of carbonyl (C=O) groups excluding carboxylic acids is 2. The van der Waals surface area contributed by atoms with Gasteiger partial charge >= 0.3 is 0 Å². The minimum Gasteiger partial charge on any atom is -0.353 e. The highest BCUT2D eigenvalue weighted by Gasteiger charge is 2.13. The summed E-state index contributed by atoms with van der Waals surface area (Å²) in [6.07, 6.45) is 5.38. The van der Waals surface area contributed by atoms with Gasteiger partial charge in [-0.15, -0.1) is 18.2 Å². The molecule has 2 rings (SSSR count). The second-order valence-corrected chi connectivity index (χ2v) is 6.70. The van der Waals surface area contributed by atoms with Crippen molar-refractivity contribution in [3.8, 4) is 12.3 Å². The monoisotopic (exact) mass is 352 g/mol. The van der Waals surface area contributed by atoms with E-state index in [1.165, 1.54) is 11.8 Å². The Kier molecular flexibility index (Phi) is 6.67. The third-order valence-electron chi connectivity index (χ3n) is 3.23. The Hall–Kier alpha value is -2.71. The lowest BCUT2D eigenvalue weighted by Crippen LogP contribution is -2.31. The van der Waals surface area contributed by atoms with Crippen LogP contribution in [0, 0.1) is 12.3 Å². The lowest BCUT2D eigenvalue weighted by molar-refractivity contribution is -0.119. The van der Waals surface area contributed by atoms with E-state index in [1.807, 2.05) is 26.0 Å². The van der Waals surface area contributed by atoms with E-state index in [-0.39, 0.29) is 23.6 Å². The minimum absolute atomic E-state index is 0.0584. The molecule has 5 heteroatoms. The first-order valence-electron chi connectivity index (χ1n) is 7.89. The molecule has 0 aliphatic carbocycles. The summed E-state index contributed by atoms with van der Waals surface area (Å²) in [5.41, 5.74) is 1.86. The third kappa shape index (κ3) is 5.70. The molecule has 0 aromatic heterocycles. The lowest BCUT2D eigenvalue weighted by atomic mass is 10.2. The third-order valence-corrected chi connectivity index (χ3v) is 4.30. The van der Waals surface area contributed by atoms with Crippen LogP contribution in [0.15, 0.2) is 53.4 Å². The van der Waals surface area contributed by atoms with Crippen molar-refractivity contribution in [2.24, 2.45) is 0 Å². The zero-order chi connectivity index (χ0) is 18.2. The zero-order valence-electron chi connectivity index (χ0n) is 14.2. The lowest BCUT2D eigenvalue weighted by Gasteiger charge is -2.11. The van der Waals surface area contributed by atoms with Gasteiger partial charge in [-0.1, -0.05) is 24.1 Å². The summed E-state index contributed by atoms with van der Waals surface area (Å²) < 4.78 is 0. The highest BCUT2D eigenvalue weighted by atomic mass is 32.2. The van der Waals surface area contributed by atoms with Gasteiger partial charge in [-0.3, -0.25) is 9.59 Å². The smallest absolute Gasteiger partial charge is 0.256 e. The fourth-order valence-electron chi connectivity index (χ4n) is 2.17. The topological polar surface area (TPSA) is 58.2 Å². The molecule has 128 valence electrons. The molecular weight excluding hydrogens is 332 g/mol. The van der Waals surface area contributed by atoms with Gasteiger partial charge in [0.15, 0.2) is 0 Å². The molecule has 0 radical (unpaired) electrons. The predicted molar refractivity (Wildman–Crippen MR) is 103 cm³/mol. The van der Waals surface area contributed by atoms with E-state index >= 15 is 0 Å². The van der Waals surface area contributed by atoms with Crippen molar-refractivity contribution in [1.82, 2.24) is 5.32 Å². The molecule has 0 unspecified atom stereocenters. The van der Waals surface area contributed by atoms with E-state index in [0.29, 0.717) is 16.8 Å². The molecule has 2 aromatic carbocycles. The van der Waals surface area contributed by atoms with Gasteiger partial charge in [0, 0.05) is 22.2 Å². The van der Waals surface area contributed by atoms with Crippen LogP contribution in [-0.2, 0) is 4.79 Å². The molecule has 2 aromatic rings. The molecule has 25 heavy (non-hydrogen) atoms. The minimum atomic E-state index is -0.235. The summed E-state index contributed by atoms with van der Waals surface area (Å²) in [6.45, 7) is 3.82. The number of rotatable bonds is 6. The molecule has 0 saturated carbocycles. The summed E-state index contributed by atoms with van der Waals surface area (Å²) >= 11 is 1.34. The van der Waals surface area contributed by atoms with Gasteiger partial charge in [-0.05, 0) is 44.2 Å². The quantitative estimate of drug-likeness (QED) is 0.618. The SMILES string of the molecule is C#Cc1cccc(NC(=O)c2ccccc2SCC(=O)NC(C)C)c1. The Morgan fingerprint density at radius 2 is 1.92 bits per heavy atom. The van der Waals surface area contributed by atoms with Crippen molar-refractivity contribution < 1.29 is 9.59 Å². The van der Waals surface area contributed by atoms with Gasteiger partial charge in [0.2, 0.25) is 5.91 Å². The van der Waals surface area contributed by atoms with E-state index in [1.54, 1.807) is 36.4 Å². The Morgan fingerprint density at radius 3 is 2.64 bits per heavy atom. The van der Waals surface area contributed by atoms with Crippen LogP contribution in [0.2, 0.25) is 0 Å². The molecule has 2 N–H and O–H groups in total. The molecule has 0 aliphatic heterocycles. The highest BCUT2D eigenvalue weighted by molar-refractivity contribution is 8.00. The largest absolute Gasteiger partial charge is 0.353 e. The zero-order valence-corrected chi connectivity index (χ0v) is 15.0. The van der Waals surface area contributed by atoms with Gasteiger partial charge in [0.05, 0.1) is 11.3 Å². The van der Waals surface area contributed by atoms with Gasteiger partial charge in [-0.25, -0.2) is 0 Å². The molecule has 0 saturated heterocycles. The highest BCUT2D eigenvalue weighted by Crippen LogP contribution is 2.23. The molecule has 0 aliphatic rings. The number of benzene rings is 2. The average molecular weight is 352 g/mol. The van der Waals surface area contributed by atoms with Gasteiger partial charge in [-0.2, -0.15) is 0 Å². The van der Waals surface area contributed by atoms with E-state index in [4.69, 9.17) is 6.42 Å². The van der Waals surface area contributed by atoms with Crippen molar-refractivity contribution in [3.05, 3.63) is 59.7 Å². The molecule has 0 bridgehead atoms. The van der Waals surface area contributed by atoms with Crippen molar-refractivity contribution in [2.45, 2.75) is 24.8 Å². The molecule has 0 fully saturated rings. The first kappa shape index (κ1) is 18.6.